The number of nitrogens with one attached hydrogen (secondary N) is 1. The number of hydrogen-bond acceptors (Lipinski definition) is 5. The Bertz CT molecular complexity index is 431. The van der Waals surface area contributed by atoms with E-state index in [1.54, 1.807) is 0 Å². The minimum atomic E-state index is 0.319. The summed E-state index contributed by atoms with van der Waals surface area (Å²) < 4.78 is 11.1. The molecule has 0 aromatic carbocycles. The second-order valence-electron chi connectivity index (χ2n) is 6.26. The van der Waals surface area contributed by atoms with Crippen LogP contribution in [0.1, 0.15) is 24.9 Å². The number of nitrogens with zero attached hydrogens (tertiary/aromatic N) is 2. The third kappa shape index (κ3) is 4.04. The van der Waals surface area contributed by atoms with Crippen LogP contribution in [0, 0.1) is 5.92 Å². The SMILES string of the molecule is CC(NCC(C1CCOC1)N1CCOCC1)c1cccnc1. The minimum Gasteiger partial charge on any atom is -0.381 e. The predicted molar refractivity (Wildman–Crippen MR) is 85.8 cm³/mol. The van der Waals surface area contributed by atoms with Crippen LogP contribution in [0.2, 0.25) is 0 Å². The molecule has 1 aromatic rings. The lowest BCUT2D eigenvalue weighted by molar-refractivity contribution is 0.000911. The number of rotatable bonds is 6. The summed E-state index contributed by atoms with van der Waals surface area (Å²) in [5, 5.41) is 3.70. The van der Waals surface area contributed by atoms with E-state index in [0.29, 0.717) is 18.0 Å². The van der Waals surface area contributed by atoms with Crippen molar-refractivity contribution in [3.63, 3.8) is 0 Å². The van der Waals surface area contributed by atoms with E-state index in [9.17, 15) is 0 Å². The van der Waals surface area contributed by atoms with E-state index in [2.05, 4.69) is 28.2 Å². The first kappa shape index (κ1) is 15.9. The Morgan fingerprint density at radius 1 is 1.32 bits per heavy atom. The highest BCUT2D eigenvalue weighted by molar-refractivity contribution is 5.12. The highest BCUT2D eigenvalue weighted by atomic mass is 16.5. The van der Waals surface area contributed by atoms with Crippen molar-refractivity contribution in [1.82, 2.24) is 15.2 Å². The molecule has 0 bridgehead atoms. The lowest BCUT2D eigenvalue weighted by atomic mass is 9.96. The minimum absolute atomic E-state index is 0.319. The van der Waals surface area contributed by atoms with Gasteiger partial charge < -0.3 is 14.8 Å². The monoisotopic (exact) mass is 305 g/mol. The summed E-state index contributed by atoms with van der Waals surface area (Å²) in [5.74, 6) is 0.631. The van der Waals surface area contributed by atoms with Crippen LogP contribution in [0.15, 0.2) is 24.5 Å². The number of pyridine rings is 1. The third-order valence-electron chi connectivity index (χ3n) is 4.84. The van der Waals surface area contributed by atoms with Crippen molar-refractivity contribution in [3.8, 4) is 0 Å². The molecular weight excluding hydrogens is 278 g/mol. The zero-order valence-electron chi connectivity index (χ0n) is 13.4. The molecule has 2 fully saturated rings. The Hall–Kier alpha value is -1.01. The zero-order chi connectivity index (χ0) is 15.2. The molecule has 0 spiro atoms. The van der Waals surface area contributed by atoms with Crippen molar-refractivity contribution >= 4 is 0 Å². The summed E-state index contributed by atoms with van der Waals surface area (Å²) in [6.07, 6.45) is 4.94. The molecule has 3 rings (SSSR count). The first-order valence-corrected chi connectivity index (χ1v) is 8.37. The molecule has 0 aliphatic carbocycles. The van der Waals surface area contributed by atoms with Gasteiger partial charge >= 0.3 is 0 Å². The highest BCUT2D eigenvalue weighted by Gasteiger charge is 2.31. The van der Waals surface area contributed by atoms with Gasteiger partial charge in [0, 0.05) is 56.6 Å². The molecule has 2 aliphatic heterocycles. The molecule has 3 atom stereocenters. The second-order valence-corrected chi connectivity index (χ2v) is 6.26. The van der Waals surface area contributed by atoms with Crippen molar-refractivity contribution in [2.45, 2.75) is 25.4 Å². The largest absolute Gasteiger partial charge is 0.381 e. The van der Waals surface area contributed by atoms with Crippen molar-refractivity contribution < 1.29 is 9.47 Å². The van der Waals surface area contributed by atoms with Crippen LogP contribution in [-0.4, -0.2) is 62.0 Å². The van der Waals surface area contributed by atoms with E-state index < -0.39 is 0 Å². The lowest BCUT2D eigenvalue weighted by Gasteiger charge is -2.38. The average Bonchev–Trinajstić information content (AvgIpc) is 3.11. The van der Waals surface area contributed by atoms with Gasteiger partial charge in [-0.15, -0.1) is 0 Å². The molecule has 5 heteroatoms. The number of ether oxygens (including phenoxy) is 2. The summed E-state index contributed by atoms with van der Waals surface area (Å²) in [5.41, 5.74) is 1.24. The topological polar surface area (TPSA) is 46.6 Å². The quantitative estimate of drug-likeness (QED) is 0.862. The average molecular weight is 305 g/mol. The molecule has 2 saturated heterocycles. The smallest absolute Gasteiger partial charge is 0.0594 e. The van der Waals surface area contributed by atoms with Gasteiger partial charge in [0.15, 0.2) is 0 Å². The molecule has 2 aliphatic rings. The molecule has 1 aromatic heterocycles. The maximum absolute atomic E-state index is 5.62. The van der Waals surface area contributed by atoms with Crippen LogP contribution in [-0.2, 0) is 9.47 Å². The normalized spacial score (nSPS) is 26.0. The number of morpholine rings is 1. The molecule has 22 heavy (non-hydrogen) atoms. The summed E-state index contributed by atoms with van der Waals surface area (Å²) in [4.78, 5) is 6.79. The van der Waals surface area contributed by atoms with Crippen LogP contribution in [0.3, 0.4) is 0 Å². The van der Waals surface area contributed by atoms with Gasteiger partial charge in [-0.2, -0.15) is 0 Å². The van der Waals surface area contributed by atoms with E-state index in [1.807, 2.05) is 18.5 Å². The van der Waals surface area contributed by atoms with Gasteiger partial charge in [0.1, 0.15) is 0 Å². The number of hydrogen-bond donors (Lipinski definition) is 1. The van der Waals surface area contributed by atoms with Crippen LogP contribution in [0.4, 0.5) is 0 Å². The zero-order valence-corrected chi connectivity index (χ0v) is 13.4. The fourth-order valence-corrected chi connectivity index (χ4v) is 3.41. The summed E-state index contributed by atoms with van der Waals surface area (Å²) in [6, 6.07) is 4.98. The van der Waals surface area contributed by atoms with Gasteiger partial charge in [-0.05, 0) is 25.0 Å². The predicted octanol–water partition coefficient (Wildman–Crippen LogP) is 1.47. The highest BCUT2D eigenvalue weighted by Crippen LogP contribution is 2.22. The van der Waals surface area contributed by atoms with Gasteiger partial charge in [0.05, 0.1) is 19.8 Å². The van der Waals surface area contributed by atoms with E-state index in [4.69, 9.17) is 9.47 Å². The fraction of sp³-hybridized carbons (Fsp3) is 0.706. The molecule has 5 nitrogen and oxygen atoms in total. The van der Waals surface area contributed by atoms with Crippen molar-refractivity contribution in [2.75, 3.05) is 46.1 Å². The molecule has 122 valence electrons. The summed E-state index contributed by atoms with van der Waals surface area (Å²) in [6.45, 7) is 8.76. The standard InChI is InChI=1S/C17H27N3O2/c1-14(15-3-2-5-18-11-15)19-12-17(16-4-8-22-13-16)20-6-9-21-10-7-20/h2-3,5,11,14,16-17,19H,4,6-10,12-13H2,1H3. The van der Waals surface area contributed by atoms with Gasteiger partial charge in [-0.25, -0.2) is 0 Å². The molecular formula is C17H27N3O2. The Labute approximate surface area is 133 Å². The Morgan fingerprint density at radius 2 is 2.18 bits per heavy atom. The lowest BCUT2D eigenvalue weighted by Crippen LogP contribution is -2.51. The Kier molecular flexibility index (Phi) is 5.78. The first-order valence-electron chi connectivity index (χ1n) is 8.37. The van der Waals surface area contributed by atoms with Gasteiger partial charge in [0.2, 0.25) is 0 Å². The summed E-state index contributed by atoms with van der Waals surface area (Å²) >= 11 is 0. The fourth-order valence-electron chi connectivity index (χ4n) is 3.41. The molecule has 0 saturated carbocycles. The van der Waals surface area contributed by atoms with Crippen LogP contribution in [0.25, 0.3) is 0 Å². The second kappa shape index (κ2) is 8.02. The molecule has 3 heterocycles. The van der Waals surface area contributed by atoms with Crippen LogP contribution >= 0.6 is 0 Å². The van der Waals surface area contributed by atoms with E-state index in [1.165, 1.54) is 12.0 Å². The van der Waals surface area contributed by atoms with Gasteiger partial charge in [0.25, 0.3) is 0 Å². The molecule has 0 amide bonds. The third-order valence-corrected chi connectivity index (χ3v) is 4.84. The van der Waals surface area contributed by atoms with Crippen LogP contribution < -0.4 is 5.32 Å². The van der Waals surface area contributed by atoms with Crippen molar-refractivity contribution in [3.05, 3.63) is 30.1 Å². The van der Waals surface area contributed by atoms with Gasteiger partial charge in [-0.1, -0.05) is 6.07 Å². The molecule has 3 unspecified atom stereocenters. The first-order chi connectivity index (χ1) is 10.8. The summed E-state index contributed by atoms with van der Waals surface area (Å²) in [7, 11) is 0. The molecule has 1 N–H and O–H groups in total. The molecule has 0 radical (unpaired) electrons. The van der Waals surface area contributed by atoms with E-state index in [0.717, 1.165) is 46.1 Å². The van der Waals surface area contributed by atoms with Crippen molar-refractivity contribution in [1.29, 1.82) is 0 Å². The van der Waals surface area contributed by atoms with Crippen molar-refractivity contribution in [2.24, 2.45) is 5.92 Å². The number of aromatic nitrogens is 1. The Balaban J connectivity index is 1.59. The van der Waals surface area contributed by atoms with Crippen LogP contribution in [0.5, 0.6) is 0 Å². The Morgan fingerprint density at radius 3 is 2.86 bits per heavy atom. The maximum atomic E-state index is 5.62. The maximum Gasteiger partial charge on any atom is 0.0594 e. The van der Waals surface area contributed by atoms with E-state index >= 15 is 0 Å². The van der Waals surface area contributed by atoms with E-state index in [-0.39, 0.29) is 0 Å². The van der Waals surface area contributed by atoms with Gasteiger partial charge in [-0.3, -0.25) is 9.88 Å².